The monoisotopic (exact) mass is 345 g/mol. The lowest BCUT2D eigenvalue weighted by atomic mass is 10.0. The van der Waals surface area contributed by atoms with Crippen molar-refractivity contribution in [1.82, 2.24) is 5.32 Å². The van der Waals surface area contributed by atoms with Crippen molar-refractivity contribution in [2.75, 3.05) is 7.11 Å². The number of carbonyl (C=O) groups is 2. The number of hydrogen-bond acceptors (Lipinski definition) is 3. The molecule has 0 aliphatic heterocycles. The van der Waals surface area contributed by atoms with Crippen LogP contribution in [0.25, 0.3) is 0 Å². The number of halogens is 1. The molecule has 2 aromatic rings. The second-order valence-corrected chi connectivity index (χ2v) is 6.20. The van der Waals surface area contributed by atoms with Crippen LogP contribution >= 0.6 is 11.6 Å². The normalized spacial score (nSPS) is 11.7. The van der Waals surface area contributed by atoms with Crippen molar-refractivity contribution in [3.05, 3.63) is 69.7 Å². The molecule has 5 heteroatoms. The lowest BCUT2D eigenvalue weighted by Gasteiger charge is -2.17. The Kier molecular flexibility index (Phi) is 5.99. The van der Waals surface area contributed by atoms with Crippen LogP contribution in [0.3, 0.4) is 0 Å². The van der Waals surface area contributed by atoms with Crippen molar-refractivity contribution < 1.29 is 14.3 Å². The zero-order chi connectivity index (χ0) is 17.7. The van der Waals surface area contributed by atoms with Crippen LogP contribution < -0.4 is 5.32 Å². The zero-order valence-electron chi connectivity index (χ0n) is 13.9. The van der Waals surface area contributed by atoms with Gasteiger partial charge in [0.1, 0.15) is 6.04 Å². The van der Waals surface area contributed by atoms with E-state index in [9.17, 15) is 9.59 Å². The Morgan fingerprint density at radius 2 is 1.79 bits per heavy atom. The molecule has 0 heterocycles. The molecule has 0 aromatic heterocycles. The van der Waals surface area contributed by atoms with E-state index in [0.29, 0.717) is 17.0 Å². The van der Waals surface area contributed by atoms with E-state index < -0.39 is 12.0 Å². The number of esters is 1. The van der Waals surface area contributed by atoms with Gasteiger partial charge in [-0.1, -0.05) is 40.9 Å². The SMILES string of the molecule is COC(=O)[C@@H](Cc1cccc(Cl)c1)NC(=O)c1cc(C)cc(C)c1. The average molecular weight is 346 g/mol. The van der Waals surface area contributed by atoms with E-state index in [0.717, 1.165) is 16.7 Å². The first-order valence-electron chi connectivity index (χ1n) is 7.60. The van der Waals surface area contributed by atoms with Gasteiger partial charge >= 0.3 is 5.97 Å². The van der Waals surface area contributed by atoms with Gasteiger partial charge in [-0.25, -0.2) is 4.79 Å². The van der Waals surface area contributed by atoms with E-state index in [2.05, 4.69) is 5.32 Å². The van der Waals surface area contributed by atoms with E-state index in [1.54, 1.807) is 30.3 Å². The Hall–Kier alpha value is -2.33. The molecule has 0 fully saturated rings. The maximum absolute atomic E-state index is 12.5. The van der Waals surface area contributed by atoms with Crippen molar-refractivity contribution in [1.29, 1.82) is 0 Å². The average Bonchev–Trinajstić information content (AvgIpc) is 2.52. The summed E-state index contributed by atoms with van der Waals surface area (Å²) in [5, 5.41) is 3.33. The number of hydrogen-bond donors (Lipinski definition) is 1. The van der Waals surface area contributed by atoms with Crippen LogP contribution in [-0.4, -0.2) is 25.0 Å². The van der Waals surface area contributed by atoms with Gasteiger partial charge in [0, 0.05) is 17.0 Å². The Morgan fingerprint density at radius 1 is 1.12 bits per heavy atom. The molecule has 0 saturated carbocycles. The number of rotatable bonds is 5. The number of amides is 1. The topological polar surface area (TPSA) is 55.4 Å². The van der Waals surface area contributed by atoms with Gasteiger partial charge in [-0.2, -0.15) is 0 Å². The minimum absolute atomic E-state index is 0.306. The maximum Gasteiger partial charge on any atom is 0.328 e. The summed E-state index contributed by atoms with van der Waals surface area (Å²) in [6, 6.07) is 12.0. The van der Waals surface area contributed by atoms with Crippen LogP contribution in [0.15, 0.2) is 42.5 Å². The molecule has 0 unspecified atom stereocenters. The Morgan fingerprint density at radius 3 is 2.38 bits per heavy atom. The third-order valence-electron chi connectivity index (χ3n) is 3.60. The van der Waals surface area contributed by atoms with Gasteiger partial charge in [0.25, 0.3) is 5.91 Å². The van der Waals surface area contributed by atoms with E-state index >= 15 is 0 Å². The molecular formula is C19H20ClNO3. The van der Waals surface area contributed by atoms with Crippen molar-refractivity contribution in [3.8, 4) is 0 Å². The van der Waals surface area contributed by atoms with Crippen molar-refractivity contribution in [2.24, 2.45) is 0 Å². The molecule has 0 aliphatic carbocycles. The smallest absolute Gasteiger partial charge is 0.328 e. The fraction of sp³-hybridized carbons (Fsp3) is 0.263. The molecule has 1 amide bonds. The van der Waals surface area contributed by atoms with Crippen molar-refractivity contribution in [2.45, 2.75) is 26.3 Å². The van der Waals surface area contributed by atoms with E-state index in [1.807, 2.05) is 26.0 Å². The highest BCUT2D eigenvalue weighted by atomic mass is 35.5. The van der Waals surface area contributed by atoms with E-state index in [-0.39, 0.29) is 5.91 Å². The second-order valence-electron chi connectivity index (χ2n) is 5.76. The molecule has 2 rings (SSSR count). The van der Waals surface area contributed by atoms with Gasteiger partial charge in [-0.05, 0) is 43.7 Å². The Bertz CT molecular complexity index is 738. The van der Waals surface area contributed by atoms with Gasteiger partial charge in [0.15, 0.2) is 0 Å². The highest BCUT2D eigenvalue weighted by Gasteiger charge is 2.23. The Labute approximate surface area is 146 Å². The summed E-state index contributed by atoms with van der Waals surface area (Å²) >= 11 is 5.97. The molecule has 0 bridgehead atoms. The lowest BCUT2D eigenvalue weighted by molar-refractivity contribution is -0.142. The predicted molar refractivity (Wildman–Crippen MR) is 94.3 cm³/mol. The third kappa shape index (κ3) is 4.83. The summed E-state index contributed by atoms with van der Waals surface area (Å²) in [7, 11) is 1.30. The number of ether oxygens (including phenoxy) is 1. The molecule has 126 valence electrons. The van der Waals surface area contributed by atoms with Gasteiger partial charge in [0.05, 0.1) is 7.11 Å². The van der Waals surface area contributed by atoms with Crippen LogP contribution in [0, 0.1) is 13.8 Å². The highest BCUT2D eigenvalue weighted by molar-refractivity contribution is 6.30. The summed E-state index contributed by atoms with van der Waals surface area (Å²) < 4.78 is 4.81. The predicted octanol–water partition coefficient (Wildman–Crippen LogP) is 3.47. The zero-order valence-corrected chi connectivity index (χ0v) is 14.7. The molecule has 1 atom stereocenters. The standard InChI is InChI=1S/C19H20ClNO3/c1-12-7-13(2)9-15(8-12)18(22)21-17(19(23)24-3)11-14-5-4-6-16(20)10-14/h4-10,17H,11H2,1-3H3,(H,21,22)/t17-/m1/s1. The summed E-state index contributed by atoms with van der Waals surface area (Å²) in [5.74, 6) is -0.799. The molecule has 2 aromatic carbocycles. The van der Waals surface area contributed by atoms with Gasteiger partial charge in [-0.15, -0.1) is 0 Å². The fourth-order valence-electron chi connectivity index (χ4n) is 2.58. The minimum Gasteiger partial charge on any atom is -0.467 e. The third-order valence-corrected chi connectivity index (χ3v) is 3.84. The van der Waals surface area contributed by atoms with E-state index in [4.69, 9.17) is 16.3 Å². The fourth-order valence-corrected chi connectivity index (χ4v) is 2.80. The van der Waals surface area contributed by atoms with Crippen LogP contribution in [0.1, 0.15) is 27.0 Å². The lowest BCUT2D eigenvalue weighted by Crippen LogP contribution is -2.43. The molecule has 0 saturated heterocycles. The Balaban J connectivity index is 2.19. The number of methoxy groups -OCH3 is 1. The number of aryl methyl sites for hydroxylation is 2. The number of benzene rings is 2. The van der Waals surface area contributed by atoms with Crippen LogP contribution in [0.4, 0.5) is 0 Å². The van der Waals surface area contributed by atoms with Gasteiger partial charge < -0.3 is 10.1 Å². The summed E-state index contributed by atoms with van der Waals surface area (Å²) in [5.41, 5.74) is 3.35. The van der Waals surface area contributed by atoms with Gasteiger partial charge in [0.2, 0.25) is 0 Å². The highest BCUT2D eigenvalue weighted by Crippen LogP contribution is 2.14. The molecule has 0 spiro atoms. The molecule has 0 aliphatic rings. The van der Waals surface area contributed by atoms with Crippen LogP contribution in [0.5, 0.6) is 0 Å². The first kappa shape index (κ1) is 18.0. The summed E-state index contributed by atoms with van der Waals surface area (Å²) in [6.07, 6.45) is 0.309. The summed E-state index contributed by atoms with van der Waals surface area (Å²) in [6.45, 7) is 3.85. The first-order valence-corrected chi connectivity index (χ1v) is 7.98. The minimum atomic E-state index is -0.776. The largest absolute Gasteiger partial charge is 0.467 e. The molecular weight excluding hydrogens is 326 g/mol. The first-order chi connectivity index (χ1) is 11.4. The quantitative estimate of drug-likeness (QED) is 0.844. The van der Waals surface area contributed by atoms with Crippen molar-refractivity contribution in [3.63, 3.8) is 0 Å². The molecule has 4 nitrogen and oxygen atoms in total. The maximum atomic E-state index is 12.5. The molecule has 24 heavy (non-hydrogen) atoms. The van der Waals surface area contributed by atoms with Crippen LogP contribution in [-0.2, 0) is 16.0 Å². The van der Waals surface area contributed by atoms with Crippen molar-refractivity contribution >= 4 is 23.5 Å². The molecule has 0 radical (unpaired) electrons. The molecule has 1 N–H and O–H groups in total. The van der Waals surface area contributed by atoms with E-state index in [1.165, 1.54) is 7.11 Å². The van der Waals surface area contributed by atoms with Gasteiger partial charge in [-0.3, -0.25) is 4.79 Å². The summed E-state index contributed by atoms with van der Waals surface area (Å²) in [4.78, 5) is 24.5. The van der Waals surface area contributed by atoms with Crippen LogP contribution in [0.2, 0.25) is 5.02 Å². The second kappa shape index (κ2) is 7.97. The number of carbonyl (C=O) groups excluding carboxylic acids is 2. The number of nitrogens with one attached hydrogen (secondary N) is 1.